The average Bonchev–Trinajstić information content (AvgIpc) is 2.60. The topological polar surface area (TPSA) is 21.3 Å². The molecule has 1 N–H and O–H groups in total. The van der Waals surface area contributed by atoms with Crippen molar-refractivity contribution in [3.63, 3.8) is 0 Å². The van der Waals surface area contributed by atoms with Crippen molar-refractivity contribution in [1.82, 2.24) is 5.32 Å². The van der Waals surface area contributed by atoms with E-state index in [1.807, 2.05) is 0 Å². The summed E-state index contributed by atoms with van der Waals surface area (Å²) in [6.07, 6.45) is 16.4. The van der Waals surface area contributed by atoms with Gasteiger partial charge in [-0.1, -0.05) is 43.7 Å². The standard InChI is InChI=1S/C23H31NO/c1-5-16-6-8-19(15(2)12-16)18-13-17-7-9-21-20(22(17)24-14-18)10-11-23(3,4)25-21/h6-9,13,15,17,22,24H,5,10-12,14H2,1-4H3. The molecule has 0 saturated heterocycles. The zero-order valence-corrected chi connectivity index (χ0v) is 16.1. The molecule has 2 nitrogen and oxygen atoms in total. The van der Waals surface area contributed by atoms with E-state index in [-0.39, 0.29) is 5.60 Å². The van der Waals surface area contributed by atoms with Crippen LogP contribution in [0.15, 0.2) is 58.4 Å². The van der Waals surface area contributed by atoms with Gasteiger partial charge in [0.15, 0.2) is 0 Å². The third kappa shape index (κ3) is 3.17. The van der Waals surface area contributed by atoms with E-state index in [0.717, 1.165) is 25.1 Å². The summed E-state index contributed by atoms with van der Waals surface area (Å²) in [6.45, 7) is 9.99. The summed E-state index contributed by atoms with van der Waals surface area (Å²) >= 11 is 0. The highest BCUT2D eigenvalue weighted by Crippen LogP contribution is 2.41. The number of fused-ring (bicyclic) bond motifs is 2. The maximum Gasteiger partial charge on any atom is 0.120 e. The molecule has 2 heteroatoms. The number of nitrogens with one attached hydrogen (secondary N) is 1. The third-order valence-corrected chi connectivity index (χ3v) is 6.26. The van der Waals surface area contributed by atoms with Crippen LogP contribution >= 0.6 is 0 Å². The normalized spacial score (nSPS) is 33.6. The van der Waals surface area contributed by atoms with E-state index < -0.39 is 0 Å². The van der Waals surface area contributed by atoms with Gasteiger partial charge < -0.3 is 10.1 Å². The zero-order valence-electron chi connectivity index (χ0n) is 16.1. The maximum atomic E-state index is 6.22. The minimum atomic E-state index is -0.0304. The summed E-state index contributed by atoms with van der Waals surface area (Å²) in [7, 11) is 0. The molecule has 0 fully saturated rings. The van der Waals surface area contributed by atoms with E-state index in [2.05, 4.69) is 63.4 Å². The fourth-order valence-corrected chi connectivity index (χ4v) is 4.71. The first kappa shape index (κ1) is 16.9. The number of hydrogen-bond acceptors (Lipinski definition) is 2. The van der Waals surface area contributed by atoms with Crippen LogP contribution in [0.4, 0.5) is 0 Å². The molecule has 3 atom stereocenters. The Balaban J connectivity index is 1.58. The molecule has 0 radical (unpaired) electrons. The molecule has 2 aliphatic carbocycles. The first-order valence-electron chi connectivity index (χ1n) is 9.91. The molecule has 3 unspecified atom stereocenters. The monoisotopic (exact) mass is 337 g/mol. The van der Waals surface area contributed by atoms with Gasteiger partial charge in [0.1, 0.15) is 11.4 Å². The van der Waals surface area contributed by atoms with Crippen LogP contribution in [-0.4, -0.2) is 18.2 Å². The molecule has 0 bridgehead atoms. The lowest BCUT2D eigenvalue weighted by atomic mass is 9.76. The van der Waals surface area contributed by atoms with Crippen LogP contribution in [0.25, 0.3) is 0 Å². The Morgan fingerprint density at radius 3 is 2.88 bits per heavy atom. The number of hydrogen-bond donors (Lipinski definition) is 1. The van der Waals surface area contributed by atoms with Crippen molar-refractivity contribution in [3.8, 4) is 0 Å². The van der Waals surface area contributed by atoms with E-state index in [0.29, 0.717) is 17.9 Å². The number of rotatable bonds is 2. The fraction of sp³-hybridized carbons (Fsp3) is 0.565. The number of ether oxygens (including phenoxy) is 1. The highest BCUT2D eigenvalue weighted by molar-refractivity contribution is 5.46. The molecule has 25 heavy (non-hydrogen) atoms. The van der Waals surface area contributed by atoms with Crippen LogP contribution in [0, 0.1) is 11.8 Å². The summed E-state index contributed by atoms with van der Waals surface area (Å²) in [5.74, 6) is 2.20. The van der Waals surface area contributed by atoms with Gasteiger partial charge >= 0.3 is 0 Å². The molecule has 134 valence electrons. The van der Waals surface area contributed by atoms with Crippen molar-refractivity contribution in [2.45, 2.75) is 65.0 Å². The first-order chi connectivity index (χ1) is 12.0. The van der Waals surface area contributed by atoms with E-state index in [4.69, 9.17) is 4.74 Å². The van der Waals surface area contributed by atoms with Gasteiger partial charge in [-0.2, -0.15) is 0 Å². The van der Waals surface area contributed by atoms with Crippen molar-refractivity contribution in [3.05, 3.63) is 58.4 Å². The zero-order chi connectivity index (χ0) is 17.6. The van der Waals surface area contributed by atoms with Crippen molar-refractivity contribution < 1.29 is 4.74 Å². The van der Waals surface area contributed by atoms with Crippen molar-refractivity contribution >= 4 is 0 Å². The molecule has 0 spiro atoms. The minimum Gasteiger partial charge on any atom is -0.488 e. The predicted molar refractivity (Wildman–Crippen MR) is 104 cm³/mol. The second-order valence-corrected chi connectivity index (χ2v) is 8.64. The van der Waals surface area contributed by atoms with Crippen LogP contribution < -0.4 is 5.32 Å². The third-order valence-electron chi connectivity index (χ3n) is 6.26. The Hall–Kier alpha value is -1.54. The average molecular weight is 338 g/mol. The lowest BCUT2D eigenvalue weighted by Gasteiger charge is -2.42. The largest absolute Gasteiger partial charge is 0.488 e. The Labute approximate surface area is 152 Å². The van der Waals surface area contributed by atoms with Gasteiger partial charge in [0, 0.05) is 18.5 Å². The summed E-state index contributed by atoms with van der Waals surface area (Å²) in [6, 6.07) is 0.418. The summed E-state index contributed by atoms with van der Waals surface area (Å²) < 4.78 is 6.22. The summed E-state index contributed by atoms with van der Waals surface area (Å²) in [5.41, 5.74) is 6.04. The summed E-state index contributed by atoms with van der Waals surface area (Å²) in [4.78, 5) is 0. The highest BCUT2D eigenvalue weighted by atomic mass is 16.5. The van der Waals surface area contributed by atoms with Crippen LogP contribution in [0.2, 0.25) is 0 Å². The Kier molecular flexibility index (Phi) is 4.27. The first-order valence-corrected chi connectivity index (χ1v) is 9.91. The Morgan fingerprint density at radius 1 is 1.28 bits per heavy atom. The molecule has 0 aromatic heterocycles. The van der Waals surface area contributed by atoms with Crippen molar-refractivity contribution in [2.24, 2.45) is 11.8 Å². The highest BCUT2D eigenvalue weighted by Gasteiger charge is 2.37. The second-order valence-electron chi connectivity index (χ2n) is 8.64. The summed E-state index contributed by atoms with van der Waals surface area (Å²) in [5, 5.41) is 3.82. The quantitative estimate of drug-likeness (QED) is 0.746. The molecule has 0 amide bonds. The van der Waals surface area contributed by atoms with Gasteiger partial charge in [0.25, 0.3) is 0 Å². The van der Waals surface area contributed by atoms with Crippen molar-refractivity contribution in [1.29, 1.82) is 0 Å². The molecule has 4 aliphatic rings. The second kappa shape index (κ2) is 6.32. The van der Waals surface area contributed by atoms with Crippen LogP contribution in [-0.2, 0) is 4.74 Å². The molecular formula is C23H31NO. The van der Waals surface area contributed by atoms with Gasteiger partial charge in [-0.05, 0) is 68.2 Å². The van der Waals surface area contributed by atoms with Gasteiger partial charge in [-0.3, -0.25) is 0 Å². The van der Waals surface area contributed by atoms with E-state index in [9.17, 15) is 0 Å². The molecule has 0 saturated carbocycles. The van der Waals surface area contributed by atoms with Gasteiger partial charge in [0.2, 0.25) is 0 Å². The molecule has 0 aromatic carbocycles. The number of allylic oxidation sites excluding steroid dienone is 4. The SMILES string of the molecule is CCC1=CC=C(C2=CC3C=CC4=C(CCC(C)(C)O4)C3NC2)C(C)C1. The fourth-order valence-electron chi connectivity index (χ4n) is 4.71. The van der Waals surface area contributed by atoms with E-state index >= 15 is 0 Å². The van der Waals surface area contributed by atoms with Gasteiger partial charge in [-0.25, -0.2) is 0 Å². The molecule has 2 aliphatic heterocycles. The molecule has 2 heterocycles. The Bertz CT molecular complexity index is 716. The molecular weight excluding hydrogens is 306 g/mol. The predicted octanol–water partition coefficient (Wildman–Crippen LogP) is 5.22. The molecule has 4 rings (SSSR count). The van der Waals surface area contributed by atoms with Crippen LogP contribution in [0.1, 0.15) is 53.4 Å². The minimum absolute atomic E-state index is 0.0304. The van der Waals surface area contributed by atoms with Gasteiger partial charge in [0.05, 0.1) is 0 Å². The van der Waals surface area contributed by atoms with Crippen LogP contribution in [0.5, 0.6) is 0 Å². The van der Waals surface area contributed by atoms with Crippen LogP contribution in [0.3, 0.4) is 0 Å². The van der Waals surface area contributed by atoms with E-state index in [1.165, 1.54) is 29.6 Å². The maximum absolute atomic E-state index is 6.22. The lowest BCUT2D eigenvalue weighted by Crippen LogP contribution is -2.45. The molecule has 0 aromatic rings. The smallest absolute Gasteiger partial charge is 0.120 e. The van der Waals surface area contributed by atoms with Gasteiger partial charge in [-0.15, -0.1) is 0 Å². The van der Waals surface area contributed by atoms with Crippen molar-refractivity contribution in [2.75, 3.05) is 6.54 Å². The van der Waals surface area contributed by atoms with E-state index in [1.54, 1.807) is 5.57 Å². The lowest BCUT2D eigenvalue weighted by molar-refractivity contribution is 0.0160. The Morgan fingerprint density at radius 2 is 2.12 bits per heavy atom.